The Balaban J connectivity index is 1.81. The highest BCUT2D eigenvalue weighted by atomic mass is 35.5. The molecule has 2 heterocycles. The number of halogens is 1. The second-order valence-corrected chi connectivity index (χ2v) is 7.68. The highest BCUT2D eigenvalue weighted by Gasteiger charge is 2.27. The average molecular weight is 406 g/mol. The molecule has 0 saturated heterocycles. The Morgan fingerprint density at radius 3 is 2.59 bits per heavy atom. The first-order valence-corrected chi connectivity index (χ1v) is 10.4. The van der Waals surface area contributed by atoms with Crippen molar-refractivity contribution in [2.24, 2.45) is 0 Å². The van der Waals surface area contributed by atoms with E-state index in [1.54, 1.807) is 11.0 Å². The van der Waals surface area contributed by atoms with Gasteiger partial charge < -0.3 is 9.47 Å². The summed E-state index contributed by atoms with van der Waals surface area (Å²) in [5.74, 6) is 0.760. The Morgan fingerprint density at radius 2 is 1.86 bits per heavy atom. The number of hydrogen-bond acceptors (Lipinski definition) is 2. The molecule has 1 aliphatic heterocycles. The monoisotopic (exact) mass is 405 g/mol. The Labute approximate surface area is 176 Å². The molecular formula is C24H24ClN3O. The van der Waals surface area contributed by atoms with E-state index in [4.69, 9.17) is 16.6 Å². The highest BCUT2D eigenvalue weighted by molar-refractivity contribution is 6.30. The van der Waals surface area contributed by atoms with Gasteiger partial charge in [-0.15, -0.1) is 6.58 Å². The van der Waals surface area contributed by atoms with E-state index in [2.05, 4.69) is 11.1 Å². The van der Waals surface area contributed by atoms with Crippen molar-refractivity contribution in [1.82, 2.24) is 9.55 Å². The quantitative estimate of drug-likeness (QED) is 0.506. The summed E-state index contributed by atoms with van der Waals surface area (Å²) in [6, 6.07) is 17.4. The number of amides is 1. The Bertz CT molecular complexity index is 1010. The van der Waals surface area contributed by atoms with Gasteiger partial charge in [0, 0.05) is 29.4 Å². The minimum absolute atomic E-state index is 0.0815. The molecule has 2 aromatic carbocycles. The van der Waals surface area contributed by atoms with Crippen LogP contribution in [0.2, 0.25) is 5.02 Å². The first-order valence-electron chi connectivity index (χ1n) is 10.0. The second kappa shape index (κ2) is 8.66. The molecule has 148 valence electrons. The van der Waals surface area contributed by atoms with E-state index in [1.807, 2.05) is 54.6 Å². The van der Waals surface area contributed by atoms with Crippen LogP contribution in [0.1, 0.15) is 35.4 Å². The molecule has 0 radical (unpaired) electrons. The van der Waals surface area contributed by atoms with Crippen LogP contribution in [0, 0.1) is 0 Å². The van der Waals surface area contributed by atoms with Crippen LogP contribution in [0.4, 0.5) is 5.69 Å². The Hall–Kier alpha value is -2.85. The van der Waals surface area contributed by atoms with Gasteiger partial charge in [-0.25, -0.2) is 4.98 Å². The smallest absolute Gasteiger partial charge is 0.279 e. The number of rotatable bonds is 5. The average Bonchev–Trinajstić information content (AvgIpc) is 2.93. The van der Waals surface area contributed by atoms with Gasteiger partial charge in [0.25, 0.3) is 5.91 Å². The van der Waals surface area contributed by atoms with Gasteiger partial charge in [0.2, 0.25) is 0 Å². The van der Waals surface area contributed by atoms with E-state index in [1.165, 1.54) is 0 Å². The highest BCUT2D eigenvalue weighted by Crippen LogP contribution is 2.29. The molecule has 0 aliphatic carbocycles. The van der Waals surface area contributed by atoms with Crippen molar-refractivity contribution in [2.75, 3.05) is 11.4 Å². The lowest BCUT2D eigenvalue weighted by Gasteiger charge is -2.21. The maximum absolute atomic E-state index is 13.6. The van der Waals surface area contributed by atoms with Crippen LogP contribution in [0.5, 0.6) is 0 Å². The number of anilines is 1. The summed E-state index contributed by atoms with van der Waals surface area (Å²) >= 11 is 6.07. The van der Waals surface area contributed by atoms with Gasteiger partial charge in [-0.3, -0.25) is 4.79 Å². The molecule has 3 aromatic rings. The topological polar surface area (TPSA) is 38.1 Å². The molecule has 0 atom stereocenters. The summed E-state index contributed by atoms with van der Waals surface area (Å²) in [4.78, 5) is 20.2. The van der Waals surface area contributed by atoms with E-state index < -0.39 is 0 Å². The van der Waals surface area contributed by atoms with Gasteiger partial charge >= 0.3 is 0 Å². The van der Waals surface area contributed by atoms with E-state index in [0.717, 1.165) is 55.0 Å². The lowest BCUT2D eigenvalue weighted by Crippen LogP contribution is -2.32. The standard InChI is InChI=1S/C24H24ClN3O/c1-2-16-27(20-9-5-3-6-10-20)24(29)22-21-11-7-4-8-17-28(21)23(26-22)18-12-14-19(25)15-13-18/h2-3,5-6,9-10,12-15H,1,4,7-8,11,16-17H2. The number of para-hydroxylation sites is 1. The molecule has 0 N–H and O–H groups in total. The summed E-state index contributed by atoms with van der Waals surface area (Å²) in [6.07, 6.45) is 5.92. The second-order valence-electron chi connectivity index (χ2n) is 7.24. The number of nitrogens with zero attached hydrogens (tertiary/aromatic N) is 3. The number of hydrogen-bond donors (Lipinski definition) is 0. The van der Waals surface area contributed by atoms with Crippen LogP contribution in [0.15, 0.2) is 67.3 Å². The summed E-state index contributed by atoms with van der Waals surface area (Å²) in [6.45, 7) is 5.14. The zero-order valence-corrected chi connectivity index (χ0v) is 17.1. The van der Waals surface area contributed by atoms with Crippen LogP contribution in [-0.2, 0) is 13.0 Å². The summed E-state index contributed by atoms with van der Waals surface area (Å²) in [5.41, 5.74) is 3.40. The zero-order chi connectivity index (χ0) is 20.2. The normalized spacial score (nSPS) is 13.4. The molecule has 29 heavy (non-hydrogen) atoms. The lowest BCUT2D eigenvalue weighted by atomic mass is 10.1. The molecule has 0 saturated carbocycles. The number of carbonyl (C=O) groups is 1. The number of benzene rings is 2. The number of carbonyl (C=O) groups excluding carboxylic acids is 1. The minimum atomic E-state index is -0.0815. The molecular weight excluding hydrogens is 382 g/mol. The van der Waals surface area contributed by atoms with Gasteiger partial charge in [0.1, 0.15) is 5.82 Å². The molecule has 0 spiro atoms. The van der Waals surface area contributed by atoms with Crippen molar-refractivity contribution >= 4 is 23.2 Å². The fourth-order valence-electron chi connectivity index (χ4n) is 3.88. The molecule has 5 heteroatoms. The van der Waals surface area contributed by atoms with E-state index >= 15 is 0 Å². The molecule has 4 nitrogen and oxygen atoms in total. The molecule has 1 amide bonds. The fraction of sp³-hybridized carbons (Fsp3) is 0.250. The third kappa shape index (κ3) is 3.99. The molecule has 1 aliphatic rings. The number of fused-ring (bicyclic) bond motifs is 1. The molecule has 1 aromatic heterocycles. The van der Waals surface area contributed by atoms with Crippen molar-refractivity contribution in [3.63, 3.8) is 0 Å². The first-order chi connectivity index (χ1) is 14.2. The molecule has 4 rings (SSSR count). The van der Waals surface area contributed by atoms with Crippen molar-refractivity contribution in [3.05, 3.63) is 83.7 Å². The first kappa shape index (κ1) is 19.5. The van der Waals surface area contributed by atoms with E-state index in [-0.39, 0.29) is 5.91 Å². The third-order valence-corrected chi connectivity index (χ3v) is 5.55. The van der Waals surface area contributed by atoms with Crippen LogP contribution in [0.25, 0.3) is 11.4 Å². The molecule has 0 fully saturated rings. The molecule has 0 bridgehead atoms. The predicted octanol–water partition coefficient (Wildman–Crippen LogP) is 5.76. The Morgan fingerprint density at radius 1 is 1.10 bits per heavy atom. The third-order valence-electron chi connectivity index (χ3n) is 5.30. The number of aromatic nitrogens is 2. The van der Waals surface area contributed by atoms with Crippen LogP contribution in [0.3, 0.4) is 0 Å². The van der Waals surface area contributed by atoms with Gasteiger partial charge in [-0.1, -0.05) is 42.3 Å². The zero-order valence-electron chi connectivity index (χ0n) is 16.4. The largest absolute Gasteiger partial charge is 0.327 e. The summed E-state index contributed by atoms with van der Waals surface area (Å²) < 4.78 is 2.22. The van der Waals surface area contributed by atoms with Crippen molar-refractivity contribution in [1.29, 1.82) is 0 Å². The van der Waals surface area contributed by atoms with E-state index in [0.29, 0.717) is 17.3 Å². The van der Waals surface area contributed by atoms with Crippen LogP contribution >= 0.6 is 11.6 Å². The molecule has 0 unspecified atom stereocenters. The predicted molar refractivity (Wildman–Crippen MR) is 119 cm³/mol. The van der Waals surface area contributed by atoms with Gasteiger partial charge in [-0.2, -0.15) is 0 Å². The lowest BCUT2D eigenvalue weighted by molar-refractivity contribution is 0.0984. The SMILES string of the molecule is C=CCN(C(=O)c1nc(-c2ccc(Cl)cc2)n2c1CCCCC2)c1ccccc1. The summed E-state index contributed by atoms with van der Waals surface area (Å²) in [5, 5.41) is 0.689. The van der Waals surface area contributed by atoms with Crippen LogP contribution in [-0.4, -0.2) is 22.0 Å². The van der Waals surface area contributed by atoms with E-state index in [9.17, 15) is 4.79 Å². The maximum Gasteiger partial charge on any atom is 0.279 e. The van der Waals surface area contributed by atoms with Crippen molar-refractivity contribution in [3.8, 4) is 11.4 Å². The van der Waals surface area contributed by atoms with Gasteiger partial charge in [-0.05, 0) is 55.7 Å². The summed E-state index contributed by atoms with van der Waals surface area (Å²) in [7, 11) is 0. The fourth-order valence-corrected chi connectivity index (χ4v) is 4.01. The Kier molecular flexibility index (Phi) is 5.81. The maximum atomic E-state index is 13.6. The van der Waals surface area contributed by atoms with Crippen LogP contribution < -0.4 is 4.90 Å². The van der Waals surface area contributed by atoms with Crippen molar-refractivity contribution < 1.29 is 4.79 Å². The van der Waals surface area contributed by atoms with Gasteiger partial charge in [0.05, 0.1) is 5.69 Å². The van der Waals surface area contributed by atoms with Crippen molar-refractivity contribution in [2.45, 2.75) is 32.2 Å². The number of imidazole rings is 1. The van der Waals surface area contributed by atoms with Gasteiger partial charge in [0.15, 0.2) is 5.69 Å². The minimum Gasteiger partial charge on any atom is -0.327 e.